The van der Waals surface area contributed by atoms with Crippen LogP contribution in [0.1, 0.15) is 39.0 Å². The van der Waals surface area contributed by atoms with Crippen molar-refractivity contribution in [3.05, 3.63) is 34.4 Å². The molecule has 1 atom stereocenters. The summed E-state index contributed by atoms with van der Waals surface area (Å²) in [5.74, 6) is 0. The molecular weight excluding hydrogens is 288 g/mol. The highest BCUT2D eigenvalue weighted by molar-refractivity contribution is 8.15. The van der Waals surface area contributed by atoms with Gasteiger partial charge in [0.05, 0.1) is 15.8 Å². The summed E-state index contributed by atoms with van der Waals surface area (Å²) in [6.45, 7) is 1.93. The van der Waals surface area contributed by atoms with Crippen molar-refractivity contribution >= 4 is 28.3 Å². The van der Waals surface area contributed by atoms with Crippen LogP contribution in [0.25, 0.3) is 0 Å². The first-order valence-corrected chi connectivity index (χ1v) is 8.12. The van der Waals surface area contributed by atoms with Crippen LogP contribution in [0, 0.1) is 10.1 Å². The number of nitrogens with zero attached hydrogens (tertiary/aromatic N) is 2. The van der Waals surface area contributed by atoms with E-state index in [4.69, 9.17) is 0 Å². The van der Waals surface area contributed by atoms with E-state index in [1.54, 1.807) is 12.1 Å². The number of carbonyl (C=O) groups is 1. The number of nitro benzene ring substituents is 1. The van der Waals surface area contributed by atoms with E-state index in [0.717, 1.165) is 31.4 Å². The second-order valence-corrected chi connectivity index (χ2v) is 7.11. The van der Waals surface area contributed by atoms with Crippen molar-refractivity contribution in [3.63, 3.8) is 0 Å². The lowest BCUT2D eigenvalue weighted by Gasteiger charge is -2.42. The highest BCUT2D eigenvalue weighted by Crippen LogP contribution is 2.51. The van der Waals surface area contributed by atoms with Crippen LogP contribution in [0.3, 0.4) is 0 Å². The molecule has 0 amide bonds. The first-order chi connectivity index (χ1) is 10.0. The Morgan fingerprint density at radius 1 is 1.24 bits per heavy atom. The Bertz CT molecular complexity index is 567. The number of hydrogen-bond acceptors (Lipinski definition) is 5. The number of carbonyl (C=O) groups excluding carboxylic acids is 1. The number of anilines is 1. The Hall–Kier alpha value is -1.56. The quantitative estimate of drug-likeness (QED) is 0.615. The van der Waals surface area contributed by atoms with Gasteiger partial charge in [0.2, 0.25) is 5.12 Å². The lowest BCUT2D eigenvalue weighted by molar-refractivity contribution is -0.384. The molecule has 6 heteroatoms. The summed E-state index contributed by atoms with van der Waals surface area (Å²) in [4.78, 5) is 24.6. The summed E-state index contributed by atoms with van der Waals surface area (Å²) in [7, 11) is 0. The van der Waals surface area contributed by atoms with Crippen LogP contribution in [0.5, 0.6) is 0 Å². The van der Waals surface area contributed by atoms with Crippen LogP contribution in [0.2, 0.25) is 0 Å². The maximum absolute atomic E-state index is 12.2. The van der Waals surface area contributed by atoms with Crippen LogP contribution >= 0.6 is 11.8 Å². The predicted octanol–water partition coefficient (Wildman–Crippen LogP) is 3.72. The van der Waals surface area contributed by atoms with Crippen molar-refractivity contribution in [2.45, 2.75) is 49.9 Å². The van der Waals surface area contributed by atoms with E-state index in [9.17, 15) is 14.9 Å². The Balaban J connectivity index is 1.96. The molecule has 0 radical (unpaired) electrons. The number of non-ortho nitro benzene ring substituents is 1. The second-order valence-electron chi connectivity index (χ2n) is 5.75. The van der Waals surface area contributed by atoms with Crippen molar-refractivity contribution in [2.24, 2.45) is 0 Å². The fraction of sp³-hybridized carbons (Fsp3) is 0.533. The van der Waals surface area contributed by atoms with Gasteiger partial charge in [-0.25, -0.2) is 0 Å². The van der Waals surface area contributed by atoms with Crippen molar-refractivity contribution in [2.75, 3.05) is 4.90 Å². The van der Waals surface area contributed by atoms with Gasteiger partial charge in [-0.2, -0.15) is 0 Å². The number of rotatable bonds is 2. The molecule has 1 saturated carbocycles. The first kappa shape index (κ1) is 14.4. The summed E-state index contributed by atoms with van der Waals surface area (Å²) < 4.78 is 0. The Labute approximate surface area is 127 Å². The molecule has 1 saturated heterocycles. The average molecular weight is 306 g/mol. The minimum absolute atomic E-state index is 0.0854. The number of nitro groups is 1. The lowest BCUT2D eigenvalue weighted by Crippen LogP contribution is -2.47. The Morgan fingerprint density at radius 2 is 1.86 bits per heavy atom. The van der Waals surface area contributed by atoms with Gasteiger partial charge in [0, 0.05) is 17.8 Å². The number of thioether (sulfide) groups is 1. The van der Waals surface area contributed by atoms with Crippen LogP contribution < -0.4 is 4.90 Å². The molecule has 1 aromatic rings. The minimum Gasteiger partial charge on any atom is -0.346 e. The number of benzene rings is 1. The topological polar surface area (TPSA) is 63.5 Å². The van der Waals surface area contributed by atoms with Gasteiger partial charge >= 0.3 is 0 Å². The molecule has 1 heterocycles. The molecule has 0 aromatic heterocycles. The molecular formula is C15H18N2O3S. The average Bonchev–Trinajstić information content (AvgIpc) is 2.71. The van der Waals surface area contributed by atoms with Crippen molar-refractivity contribution in [1.82, 2.24) is 0 Å². The van der Waals surface area contributed by atoms with Gasteiger partial charge in [-0.05, 0) is 31.9 Å². The summed E-state index contributed by atoms with van der Waals surface area (Å²) in [6, 6.07) is 6.40. The molecule has 21 heavy (non-hydrogen) atoms. The molecule has 0 bridgehead atoms. The van der Waals surface area contributed by atoms with Gasteiger partial charge in [0.1, 0.15) is 0 Å². The van der Waals surface area contributed by atoms with E-state index in [-0.39, 0.29) is 21.7 Å². The molecule has 1 aliphatic carbocycles. The fourth-order valence-electron chi connectivity index (χ4n) is 3.42. The van der Waals surface area contributed by atoms with Crippen LogP contribution in [0.4, 0.5) is 11.4 Å². The molecule has 3 rings (SSSR count). The largest absolute Gasteiger partial charge is 0.346 e. The summed E-state index contributed by atoms with van der Waals surface area (Å²) >= 11 is 1.46. The van der Waals surface area contributed by atoms with E-state index < -0.39 is 4.92 Å². The fourth-order valence-corrected chi connectivity index (χ4v) is 4.93. The third-order valence-corrected chi connectivity index (χ3v) is 5.96. The van der Waals surface area contributed by atoms with Gasteiger partial charge in [-0.15, -0.1) is 0 Å². The lowest BCUT2D eigenvalue weighted by atomic mass is 9.92. The van der Waals surface area contributed by atoms with Gasteiger partial charge < -0.3 is 4.90 Å². The van der Waals surface area contributed by atoms with E-state index in [1.807, 2.05) is 6.92 Å². The zero-order valence-electron chi connectivity index (χ0n) is 11.9. The molecule has 2 aliphatic rings. The molecule has 1 aromatic carbocycles. The Morgan fingerprint density at radius 3 is 2.43 bits per heavy atom. The van der Waals surface area contributed by atoms with E-state index in [1.165, 1.54) is 30.3 Å². The second kappa shape index (κ2) is 5.33. The van der Waals surface area contributed by atoms with Crippen LogP contribution in [-0.2, 0) is 4.79 Å². The van der Waals surface area contributed by atoms with Crippen molar-refractivity contribution in [3.8, 4) is 0 Å². The van der Waals surface area contributed by atoms with E-state index in [0.29, 0.717) is 0 Å². The van der Waals surface area contributed by atoms with E-state index in [2.05, 4.69) is 4.90 Å². The van der Waals surface area contributed by atoms with Crippen molar-refractivity contribution < 1.29 is 9.72 Å². The first-order valence-electron chi connectivity index (χ1n) is 7.30. The van der Waals surface area contributed by atoms with Gasteiger partial charge in [-0.1, -0.05) is 31.0 Å². The molecule has 1 unspecified atom stereocenters. The third-order valence-electron chi connectivity index (χ3n) is 4.43. The SMILES string of the molecule is CC1C(=O)SC2(CCCCC2)N1c1ccc([N+](=O)[O-])cc1. The monoisotopic (exact) mass is 306 g/mol. The van der Waals surface area contributed by atoms with Gasteiger partial charge in [-0.3, -0.25) is 14.9 Å². The molecule has 0 N–H and O–H groups in total. The van der Waals surface area contributed by atoms with Gasteiger partial charge in [0.15, 0.2) is 0 Å². The van der Waals surface area contributed by atoms with E-state index >= 15 is 0 Å². The maximum Gasteiger partial charge on any atom is 0.269 e. The molecule has 5 nitrogen and oxygen atoms in total. The van der Waals surface area contributed by atoms with Crippen LogP contribution in [0.15, 0.2) is 24.3 Å². The van der Waals surface area contributed by atoms with Gasteiger partial charge in [0.25, 0.3) is 5.69 Å². The molecule has 1 aliphatic heterocycles. The molecule has 112 valence electrons. The predicted molar refractivity (Wildman–Crippen MR) is 83.5 cm³/mol. The highest BCUT2D eigenvalue weighted by atomic mass is 32.2. The van der Waals surface area contributed by atoms with Crippen LogP contribution in [-0.4, -0.2) is 21.0 Å². The molecule has 2 fully saturated rings. The molecule has 1 spiro atoms. The summed E-state index contributed by atoms with van der Waals surface area (Å²) in [6.07, 6.45) is 5.50. The standard InChI is InChI=1S/C15H18N2O3S/c1-11-14(18)21-15(9-3-2-4-10-15)16(11)12-5-7-13(8-6-12)17(19)20/h5-8,11H,2-4,9-10H2,1H3. The normalized spacial score (nSPS) is 24.5. The Kier molecular flexibility index (Phi) is 3.65. The maximum atomic E-state index is 12.2. The minimum atomic E-state index is -0.395. The van der Waals surface area contributed by atoms with Crippen molar-refractivity contribution in [1.29, 1.82) is 0 Å². The summed E-state index contributed by atoms with van der Waals surface area (Å²) in [5, 5.41) is 11.0. The zero-order chi connectivity index (χ0) is 15.0. The summed E-state index contributed by atoms with van der Waals surface area (Å²) in [5.41, 5.74) is 0.996. The number of hydrogen-bond donors (Lipinski definition) is 0. The smallest absolute Gasteiger partial charge is 0.269 e. The zero-order valence-corrected chi connectivity index (χ0v) is 12.8. The highest BCUT2D eigenvalue weighted by Gasteiger charge is 2.50. The third kappa shape index (κ3) is 2.41.